The fourth-order valence-electron chi connectivity index (χ4n) is 2.92. The second-order valence-electron chi connectivity index (χ2n) is 5.47. The summed E-state index contributed by atoms with van der Waals surface area (Å²) in [6.07, 6.45) is 1.99. The van der Waals surface area contributed by atoms with E-state index in [1.807, 2.05) is 0 Å². The molecule has 2 N–H and O–H groups in total. The Kier molecular flexibility index (Phi) is 4.56. The molecule has 2 aromatic rings. The molecule has 0 saturated heterocycles. The molecule has 0 saturated carbocycles. The zero-order chi connectivity index (χ0) is 17.3. The highest BCUT2D eigenvalue weighted by Crippen LogP contribution is 2.43. The highest BCUT2D eigenvalue weighted by atomic mass is 35.5. The number of aliphatic carboxylic acids is 1. The van der Waals surface area contributed by atoms with E-state index in [0.717, 1.165) is 17.7 Å². The SMILES string of the molecule is N#Cc1c(NC(=O)c2ccccc2Cl)sc2c1C(C(=O)O)CCC2. The third-order valence-corrected chi connectivity index (χ3v) is 5.53. The second kappa shape index (κ2) is 6.63. The van der Waals surface area contributed by atoms with Gasteiger partial charge < -0.3 is 10.4 Å². The molecule has 0 radical (unpaired) electrons. The molecule has 24 heavy (non-hydrogen) atoms. The molecule has 3 rings (SSSR count). The van der Waals surface area contributed by atoms with Crippen LogP contribution in [-0.4, -0.2) is 17.0 Å². The van der Waals surface area contributed by atoms with Gasteiger partial charge in [-0.05, 0) is 31.4 Å². The maximum absolute atomic E-state index is 12.4. The molecule has 1 aromatic heterocycles. The molecular formula is C17H13ClN2O3S. The summed E-state index contributed by atoms with van der Waals surface area (Å²) in [5.41, 5.74) is 1.11. The van der Waals surface area contributed by atoms with Crippen LogP contribution in [0, 0.1) is 11.3 Å². The van der Waals surface area contributed by atoms with Crippen LogP contribution in [0.25, 0.3) is 0 Å². The van der Waals surface area contributed by atoms with Crippen molar-refractivity contribution in [1.82, 2.24) is 0 Å². The zero-order valence-corrected chi connectivity index (χ0v) is 14.1. The summed E-state index contributed by atoms with van der Waals surface area (Å²) in [5, 5.41) is 22.3. The summed E-state index contributed by atoms with van der Waals surface area (Å²) < 4.78 is 0. The average Bonchev–Trinajstić information content (AvgIpc) is 2.91. The number of nitrogens with one attached hydrogen (secondary N) is 1. The van der Waals surface area contributed by atoms with Gasteiger partial charge in [0.25, 0.3) is 5.91 Å². The van der Waals surface area contributed by atoms with E-state index in [4.69, 9.17) is 11.6 Å². The van der Waals surface area contributed by atoms with E-state index in [-0.39, 0.29) is 5.56 Å². The Morgan fingerprint density at radius 1 is 1.38 bits per heavy atom. The fourth-order valence-corrected chi connectivity index (χ4v) is 4.39. The first-order chi connectivity index (χ1) is 11.5. The minimum Gasteiger partial charge on any atom is -0.481 e. The molecular weight excluding hydrogens is 348 g/mol. The molecule has 1 aliphatic carbocycles. The molecule has 5 nitrogen and oxygen atoms in total. The Morgan fingerprint density at radius 2 is 2.12 bits per heavy atom. The van der Waals surface area contributed by atoms with Crippen LogP contribution in [0.15, 0.2) is 24.3 Å². The van der Waals surface area contributed by atoms with Crippen LogP contribution in [0.1, 0.15) is 45.1 Å². The van der Waals surface area contributed by atoms with E-state index in [9.17, 15) is 20.0 Å². The van der Waals surface area contributed by atoms with Gasteiger partial charge in [0.2, 0.25) is 0 Å². The van der Waals surface area contributed by atoms with E-state index < -0.39 is 17.8 Å². The van der Waals surface area contributed by atoms with Gasteiger partial charge in [-0.15, -0.1) is 11.3 Å². The summed E-state index contributed by atoms with van der Waals surface area (Å²) in [6, 6.07) is 8.69. The van der Waals surface area contributed by atoms with Crippen molar-refractivity contribution in [2.75, 3.05) is 5.32 Å². The van der Waals surface area contributed by atoms with Crippen LogP contribution in [0.5, 0.6) is 0 Å². The lowest BCUT2D eigenvalue weighted by molar-refractivity contribution is -0.139. The number of fused-ring (bicyclic) bond motifs is 1. The number of carbonyl (C=O) groups is 2. The number of hydrogen-bond donors (Lipinski definition) is 2. The number of carboxylic acid groups (broad SMARTS) is 1. The number of nitriles is 1. The first-order valence-electron chi connectivity index (χ1n) is 7.37. The second-order valence-corrected chi connectivity index (χ2v) is 6.98. The molecule has 1 atom stereocenters. The molecule has 7 heteroatoms. The first-order valence-corrected chi connectivity index (χ1v) is 8.56. The molecule has 1 unspecified atom stereocenters. The summed E-state index contributed by atoms with van der Waals surface area (Å²) in [5.74, 6) is -2.04. The largest absolute Gasteiger partial charge is 0.481 e. The minimum absolute atomic E-state index is 0.252. The lowest BCUT2D eigenvalue weighted by Crippen LogP contribution is -2.17. The van der Waals surface area contributed by atoms with Crippen LogP contribution in [0.4, 0.5) is 5.00 Å². The number of anilines is 1. The normalized spacial score (nSPS) is 16.1. The molecule has 1 aromatic carbocycles. The maximum atomic E-state index is 12.4. The van der Waals surface area contributed by atoms with Gasteiger partial charge in [0, 0.05) is 10.4 Å². The number of benzene rings is 1. The van der Waals surface area contributed by atoms with Gasteiger partial charge in [0.15, 0.2) is 0 Å². The summed E-state index contributed by atoms with van der Waals surface area (Å²) in [7, 11) is 0. The van der Waals surface area contributed by atoms with Crippen molar-refractivity contribution in [2.45, 2.75) is 25.2 Å². The summed E-state index contributed by atoms with van der Waals surface area (Å²) in [6.45, 7) is 0. The van der Waals surface area contributed by atoms with Crippen LogP contribution in [0.2, 0.25) is 5.02 Å². The van der Waals surface area contributed by atoms with Gasteiger partial charge in [-0.2, -0.15) is 5.26 Å². The number of hydrogen-bond acceptors (Lipinski definition) is 4. The Hall–Kier alpha value is -2.36. The van der Waals surface area contributed by atoms with Crippen molar-refractivity contribution in [1.29, 1.82) is 5.26 Å². The lowest BCUT2D eigenvalue weighted by Gasteiger charge is -2.18. The maximum Gasteiger partial charge on any atom is 0.311 e. The number of carbonyl (C=O) groups excluding carboxylic acids is 1. The number of carboxylic acids is 1. The Morgan fingerprint density at radius 3 is 2.79 bits per heavy atom. The third kappa shape index (κ3) is 2.88. The first kappa shape index (κ1) is 16.5. The van der Waals surface area contributed by atoms with Gasteiger partial charge in [-0.25, -0.2) is 0 Å². The van der Waals surface area contributed by atoms with Crippen molar-refractivity contribution >= 4 is 39.8 Å². The third-order valence-electron chi connectivity index (χ3n) is 4.02. The number of aryl methyl sites for hydroxylation is 1. The fraction of sp³-hybridized carbons (Fsp3) is 0.235. The van der Waals surface area contributed by atoms with Crippen molar-refractivity contribution in [3.8, 4) is 6.07 Å². The van der Waals surface area contributed by atoms with Gasteiger partial charge in [0.1, 0.15) is 11.1 Å². The monoisotopic (exact) mass is 360 g/mol. The van der Waals surface area contributed by atoms with Gasteiger partial charge in [-0.1, -0.05) is 23.7 Å². The molecule has 0 fully saturated rings. The molecule has 0 bridgehead atoms. The quantitative estimate of drug-likeness (QED) is 0.864. The lowest BCUT2D eigenvalue weighted by atomic mass is 9.85. The molecule has 1 amide bonds. The minimum atomic E-state index is -0.936. The summed E-state index contributed by atoms with van der Waals surface area (Å²) in [4.78, 5) is 24.8. The van der Waals surface area contributed by atoms with E-state index >= 15 is 0 Å². The molecule has 1 aliphatic rings. The molecule has 1 heterocycles. The van der Waals surface area contributed by atoms with Crippen LogP contribution >= 0.6 is 22.9 Å². The van der Waals surface area contributed by atoms with Crippen LogP contribution in [-0.2, 0) is 11.2 Å². The van der Waals surface area contributed by atoms with Crippen LogP contribution in [0.3, 0.4) is 0 Å². The van der Waals surface area contributed by atoms with Gasteiger partial charge in [-0.3, -0.25) is 9.59 Å². The van der Waals surface area contributed by atoms with Crippen molar-refractivity contribution in [2.24, 2.45) is 0 Å². The van der Waals surface area contributed by atoms with E-state index in [2.05, 4.69) is 11.4 Å². The summed E-state index contributed by atoms with van der Waals surface area (Å²) >= 11 is 7.30. The molecule has 0 spiro atoms. The standard InChI is InChI=1S/C17H13ClN2O3S/c18-12-6-2-1-4-9(12)15(21)20-16-11(8-19)14-10(17(22)23)5-3-7-13(14)24-16/h1-2,4,6,10H,3,5,7H2,(H,20,21)(H,22,23). The van der Waals surface area contributed by atoms with E-state index in [0.29, 0.717) is 27.6 Å². The van der Waals surface area contributed by atoms with Crippen molar-refractivity contribution < 1.29 is 14.7 Å². The smallest absolute Gasteiger partial charge is 0.311 e. The predicted octanol–water partition coefficient (Wildman–Crippen LogP) is 4.03. The Labute approximate surface area is 147 Å². The van der Waals surface area contributed by atoms with E-state index in [1.54, 1.807) is 24.3 Å². The molecule has 122 valence electrons. The highest BCUT2D eigenvalue weighted by Gasteiger charge is 2.33. The van der Waals surface area contributed by atoms with Gasteiger partial charge >= 0.3 is 5.97 Å². The highest BCUT2D eigenvalue weighted by molar-refractivity contribution is 7.16. The predicted molar refractivity (Wildman–Crippen MR) is 91.8 cm³/mol. The number of halogens is 1. The zero-order valence-electron chi connectivity index (χ0n) is 12.5. The topological polar surface area (TPSA) is 90.2 Å². The van der Waals surface area contributed by atoms with Gasteiger partial charge in [0.05, 0.1) is 22.1 Å². The Balaban J connectivity index is 1.98. The van der Waals surface area contributed by atoms with E-state index in [1.165, 1.54) is 11.3 Å². The number of nitrogens with zero attached hydrogens (tertiary/aromatic N) is 1. The van der Waals surface area contributed by atoms with Crippen molar-refractivity contribution in [3.05, 3.63) is 50.9 Å². The number of thiophene rings is 1. The number of rotatable bonds is 3. The van der Waals surface area contributed by atoms with Crippen molar-refractivity contribution in [3.63, 3.8) is 0 Å². The molecule has 0 aliphatic heterocycles. The van der Waals surface area contributed by atoms with Crippen LogP contribution < -0.4 is 5.32 Å². The Bertz CT molecular complexity index is 869. The average molecular weight is 361 g/mol. The number of amides is 1.